The molecular formula is C24H27N3OS2. The molecule has 0 spiro atoms. The summed E-state index contributed by atoms with van der Waals surface area (Å²) >= 11 is 3.43. The molecule has 30 heavy (non-hydrogen) atoms. The van der Waals surface area contributed by atoms with Gasteiger partial charge in [-0.05, 0) is 30.4 Å². The molecule has 0 N–H and O–H groups in total. The van der Waals surface area contributed by atoms with Crippen molar-refractivity contribution in [3.05, 3.63) is 69.4 Å². The molecule has 0 radical (unpaired) electrons. The normalized spacial score (nSPS) is 15.2. The maximum atomic E-state index is 12.8. The van der Waals surface area contributed by atoms with Gasteiger partial charge in [0.15, 0.2) is 0 Å². The summed E-state index contributed by atoms with van der Waals surface area (Å²) in [6.45, 7) is 6.48. The highest BCUT2D eigenvalue weighted by Gasteiger charge is 2.21. The van der Waals surface area contributed by atoms with Crippen LogP contribution in [-0.2, 0) is 11.2 Å². The Morgan fingerprint density at radius 2 is 1.90 bits per heavy atom. The number of rotatable bonds is 7. The molecule has 0 bridgehead atoms. The molecule has 0 saturated carbocycles. The fourth-order valence-electron chi connectivity index (χ4n) is 3.70. The zero-order chi connectivity index (χ0) is 20.8. The fourth-order valence-corrected chi connectivity index (χ4v) is 5.46. The summed E-state index contributed by atoms with van der Waals surface area (Å²) in [6, 6.07) is 14.5. The molecule has 1 amide bonds. The van der Waals surface area contributed by atoms with Gasteiger partial charge in [0.2, 0.25) is 5.91 Å². The van der Waals surface area contributed by atoms with Gasteiger partial charge < -0.3 is 4.90 Å². The minimum atomic E-state index is 0.262. The predicted octanol–water partition coefficient (Wildman–Crippen LogP) is 4.97. The maximum Gasteiger partial charge on any atom is 0.223 e. The summed E-state index contributed by atoms with van der Waals surface area (Å²) in [6.07, 6.45) is 5.72. The smallest absolute Gasteiger partial charge is 0.223 e. The van der Waals surface area contributed by atoms with Gasteiger partial charge in [-0.15, -0.1) is 22.7 Å². The van der Waals surface area contributed by atoms with E-state index in [0.717, 1.165) is 49.8 Å². The largest absolute Gasteiger partial charge is 0.340 e. The molecule has 2 aromatic heterocycles. The van der Waals surface area contributed by atoms with Gasteiger partial charge in [-0.3, -0.25) is 9.69 Å². The van der Waals surface area contributed by atoms with E-state index in [2.05, 4.69) is 58.8 Å². The highest BCUT2D eigenvalue weighted by atomic mass is 32.1. The second kappa shape index (κ2) is 10.2. The first-order valence-electron chi connectivity index (χ1n) is 10.4. The average Bonchev–Trinajstić information content (AvgIpc) is 3.43. The topological polar surface area (TPSA) is 36.4 Å². The van der Waals surface area contributed by atoms with Gasteiger partial charge in [-0.1, -0.05) is 48.6 Å². The number of carbonyl (C=O) groups excluding carboxylic acids is 1. The summed E-state index contributed by atoms with van der Waals surface area (Å²) < 4.78 is 0. The Morgan fingerprint density at radius 1 is 1.10 bits per heavy atom. The van der Waals surface area contributed by atoms with Crippen LogP contribution in [0.4, 0.5) is 0 Å². The first-order valence-corrected chi connectivity index (χ1v) is 12.1. The van der Waals surface area contributed by atoms with Crippen LogP contribution in [0.25, 0.3) is 16.6 Å². The molecule has 156 valence electrons. The number of aromatic nitrogens is 1. The predicted molar refractivity (Wildman–Crippen MR) is 127 cm³/mol. The van der Waals surface area contributed by atoms with Gasteiger partial charge in [-0.25, -0.2) is 4.98 Å². The Kier molecular flexibility index (Phi) is 7.10. The Morgan fingerprint density at radius 3 is 2.63 bits per heavy atom. The number of benzene rings is 1. The summed E-state index contributed by atoms with van der Waals surface area (Å²) in [4.78, 5) is 24.3. The number of nitrogens with zero attached hydrogens (tertiary/aromatic N) is 3. The van der Waals surface area contributed by atoms with Gasteiger partial charge in [0.25, 0.3) is 0 Å². The second-order valence-electron chi connectivity index (χ2n) is 7.48. The van der Waals surface area contributed by atoms with Crippen molar-refractivity contribution in [2.75, 3.05) is 32.7 Å². The number of piperazine rings is 1. The van der Waals surface area contributed by atoms with E-state index in [-0.39, 0.29) is 5.91 Å². The third-order valence-corrected chi connectivity index (χ3v) is 7.23. The summed E-state index contributed by atoms with van der Waals surface area (Å²) in [7, 11) is 0. The zero-order valence-electron chi connectivity index (χ0n) is 17.3. The quantitative estimate of drug-likeness (QED) is 0.524. The lowest BCUT2D eigenvalue weighted by Gasteiger charge is -2.34. The van der Waals surface area contributed by atoms with E-state index in [0.29, 0.717) is 6.42 Å². The summed E-state index contributed by atoms with van der Waals surface area (Å²) in [5, 5.41) is 3.14. The minimum Gasteiger partial charge on any atom is -0.340 e. The van der Waals surface area contributed by atoms with Crippen LogP contribution in [-0.4, -0.2) is 53.4 Å². The molecule has 1 aromatic carbocycles. The number of amides is 1. The van der Waals surface area contributed by atoms with Crippen LogP contribution in [0.2, 0.25) is 0 Å². The van der Waals surface area contributed by atoms with Gasteiger partial charge in [0, 0.05) is 44.0 Å². The lowest BCUT2D eigenvalue weighted by Crippen LogP contribution is -2.48. The van der Waals surface area contributed by atoms with Crippen molar-refractivity contribution in [2.45, 2.75) is 19.8 Å². The first-order chi connectivity index (χ1) is 14.7. The minimum absolute atomic E-state index is 0.262. The van der Waals surface area contributed by atoms with E-state index >= 15 is 0 Å². The number of thiazole rings is 1. The molecule has 6 heteroatoms. The molecule has 0 aliphatic carbocycles. The average molecular weight is 438 g/mol. The van der Waals surface area contributed by atoms with Gasteiger partial charge >= 0.3 is 0 Å². The maximum absolute atomic E-state index is 12.8. The van der Waals surface area contributed by atoms with Crippen molar-refractivity contribution in [1.29, 1.82) is 0 Å². The van der Waals surface area contributed by atoms with Crippen LogP contribution in [0.5, 0.6) is 0 Å². The number of aryl methyl sites for hydroxylation is 2. The Balaban J connectivity index is 1.24. The van der Waals surface area contributed by atoms with Crippen molar-refractivity contribution in [3.63, 3.8) is 0 Å². The van der Waals surface area contributed by atoms with Gasteiger partial charge in [-0.2, -0.15) is 0 Å². The van der Waals surface area contributed by atoms with Crippen LogP contribution in [0.1, 0.15) is 21.9 Å². The van der Waals surface area contributed by atoms with Crippen LogP contribution in [0, 0.1) is 6.92 Å². The molecule has 4 rings (SSSR count). The molecule has 1 aliphatic heterocycles. The SMILES string of the molecule is Cc1nc(-c2cccs2)c(CCC(=O)N2CCN(C/C=C/c3ccccc3)CC2)s1. The van der Waals surface area contributed by atoms with Crippen molar-refractivity contribution < 1.29 is 4.79 Å². The molecular weight excluding hydrogens is 410 g/mol. The number of hydrogen-bond donors (Lipinski definition) is 0. The highest BCUT2D eigenvalue weighted by molar-refractivity contribution is 7.15. The lowest BCUT2D eigenvalue weighted by molar-refractivity contribution is -0.132. The van der Waals surface area contributed by atoms with E-state index in [1.54, 1.807) is 22.7 Å². The number of carbonyl (C=O) groups is 1. The van der Waals surface area contributed by atoms with E-state index in [4.69, 9.17) is 4.98 Å². The highest BCUT2D eigenvalue weighted by Crippen LogP contribution is 2.32. The van der Waals surface area contributed by atoms with Crippen molar-refractivity contribution in [3.8, 4) is 10.6 Å². The molecule has 3 aromatic rings. The van der Waals surface area contributed by atoms with Crippen LogP contribution >= 0.6 is 22.7 Å². The molecule has 3 heterocycles. The molecule has 0 atom stereocenters. The van der Waals surface area contributed by atoms with Crippen molar-refractivity contribution >= 4 is 34.7 Å². The Bertz CT molecular complexity index is 971. The number of hydrogen-bond acceptors (Lipinski definition) is 5. The van der Waals surface area contributed by atoms with Crippen LogP contribution < -0.4 is 0 Å². The van der Waals surface area contributed by atoms with Crippen molar-refractivity contribution in [2.24, 2.45) is 0 Å². The molecule has 4 nitrogen and oxygen atoms in total. The van der Waals surface area contributed by atoms with E-state index in [1.807, 2.05) is 17.9 Å². The van der Waals surface area contributed by atoms with E-state index < -0.39 is 0 Å². The monoisotopic (exact) mass is 437 g/mol. The fraction of sp³-hybridized carbons (Fsp3) is 0.333. The lowest BCUT2D eigenvalue weighted by atomic mass is 10.2. The van der Waals surface area contributed by atoms with Gasteiger partial charge in [0.1, 0.15) is 0 Å². The van der Waals surface area contributed by atoms with Crippen LogP contribution in [0.3, 0.4) is 0 Å². The van der Waals surface area contributed by atoms with E-state index in [9.17, 15) is 4.79 Å². The molecule has 0 unspecified atom stereocenters. The van der Waals surface area contributed by atoms with Crippen molar-refractivity contribution in [1.82, 2.24) is 14.8 Å². The Hall–Kier alpha value is -2.28. The zero-order valence-corrected chi connectivity index (χ0v) is 18.9. The second-order valence-corrected chi connectivity index (χ2v) is 9.71. The van der Waals surface area contributed by atoms with Crippen LogP contribution in [0.15, 0.2) is 53.9 Å². The summed E-state index contributed by atoms with van der Waals surface area (Å²) in [5.74, 6) is 0.262. The van der Waals surface area contributed by atoms with E-state index in [1.165, 1.54) is 15.3 Å². The molecule has 1 saturated heterocycles. The third-order valence-electron chi connectivity index (χ3n) is 5.32. The van der Waals surface area contributed by atoms with Gasteiger partial charge in [0.05, 0.1) is 15.6 Å². The summed E-state index contributed by atoms with van der Waals surface area (Å²) in [5.41, 5.74) is 2.29. The Labute approximate surface area is 186 Å². The number of thiophene rings is 1. The molecule has 1 fully saturated rings. The molecule has 1 aliphatic rings. The standard InChI is InChI=1S/C24H27N3OS2/c1-19-25-24(21-10-6-18-29-21)22(30-19)11-12-23(28)27-16-14-26(15-17-27)13-5-9-20-7-3-2-4-8-20/h2-10,18H,11-17H2,1H3/b9-5+. The third kappa shape index (κ3) is 5.45. The first kappa shape index (κ1) is 21.0.